The molecule has 0 saturated heterocycles. The van der Waals surface area contributed by atoms with E-state index in [1.165, 1.54) is 63.6 Å². The summed E-state index contributed by atoms with van der Waals surface area (Å²) >= 11 is 2.14. The van der Waals surface area contributed by atoms with Crippen molar-refractivity contribution in [2.75, 3.05) is 0 Å². The van der Waals surface area contributed by atoms with E-state index in [1.54, 1.807) is 5.56 Å². The molecule has 288 valence electrons. The molecule has 1 aromatic rings. The van der Waals surface area contributed by atoms with E-state index in [0.29, 0.717) is 40.8 Å². The van der Waals surface area contributed by atoms with Crippen LogP contribution in [0.1, 0.15) is 144 Å². The average molecular weight is 743 g/mol. The third-order valence-corrected chi connectivity index (χ3v) is 16.7. The van der Waals surface area contributed by atoms with Crippen LogP contribution in [0.3, 0.4) is 0 Å². The van der Waals surface area contributed by atoms with Gasteiger partial charge < -0.3 is 4.74 Å². The normalized spacial score (nSPS) is 39.5. The molecule has 54 heavy (non-hydrogen) atoms. The fourth-order valence-electron chi connectivity index (χ4n) is 10.9. The van der Waals surface area contributed by atoms with Gasteiger partial charge in [0.15, 0.2) is 0 Å². The SMILES string of the molecule is CC(=N/C(C1=CC(C)CC2c3ccc(N=C4CCC(C)C(C)C4)c(C4(C)C(C)C=CCC4C)c3SC12)=C1/OC2=C(CC(C)C=C2)C1C)C1=CCC(C)CC1. The molecule has 4 heteroatoms. The summed E-state index contributed by atoms with van der Waals surface area (Å²) < 4.78 is 6.96. The highest BCUT2D eigenvalue weighted by atomic mass is 32.2. The largest absolute Gasteiger partial charge is 0.459 e. The van der Waals surface area contributed by atoms with Gasteiger partial charge in [0.2, 0.25) is 0 Å². The van der Waals surface area contributed by atoms with Crippen molar-refractivity contribution in [2.24, 2.45) is 57.3 Å². The van der Waals surface area contributed by atoms with Crippen LogP contribution < -0.4 is 0 Å². The van der Waals surface area contributed by atoms with Gasteiger partial charge in [-0.2, -0.15) is 0 Å². The monoisotopic (exact) mass is 742 g/mol. The second kappa shape index (κ2) is 14.9. The second-order valence-corrected chi connectivity index (χ2v) is 20.3. The van der Waals surface area contributed by atoms with Crippen LogP contribution in [0.2, 0.25) is 0 Å². The Kier molecular flexibility index (Phi) is 10.5. The summed E-state index contributed by atoms with van der Waals surface area (Å²) in [4.78, 5) is 12.9. The Morgan fingerprint density at radius 2 is 1.72 bits per heavy atom. The smallest absolute Gasteiger partial charge is 0.137 e. The van der Waals surface area contributed by atoms with Crippen LogP contribution in [0.5, 0.6) is 0 Å². The number of ether oxygens (including phenoxy) is 1. The summed E-state index contributed by atoms with van der Waals surface area (Å²) in [5.41, 5.74) is 12.2. The Morgan fingerprint density at radius 3 is 2.46 bits per heavy atom. The molecule has 3 nitrogen and oxygen atoms in total. The third-order valence-electron chi connectivity index (χ3n) is 15.2. The molecular weight excluding hydrogens is 677 g/mol. The fraction of sp³-hybridized carbons (Fsp3) is 0.600. The number of fused-ring (bicyclic) bond motifs is 3. The molecule has 11 atom stereocenters. The van der Waals surface area contributed by atoms with Crippen LogP contribution in [0.25, 0.3) is 0 Å². The highest BCUT2D eigenvalue weighted by Crippen LogP contribution is 2.61. The molecule has 11 unspecified atom stereocenters. The molecule has 0 bridgehead atoms. The van der Waals surface area contributed by atoms with Crippen LogP contribution in [-0.4, -0.2) is 16.7 Å². The molecule has 2 aliphatic heterocycles. The molecule has 0 amide bonds. The Bertz CT molecular complexity index is 1930. The highest BCUT2D eigenvalue weighted by Gasteiger charge is 2.49. The molecule has 0 aromatic heterocycles. The van der Waals surface area contributed by atoms with Crippen molar-refractivity contribution in [2.45, 2.75) is 149 Å². The summed E-state index contributed by atoms with van der Waals surface area (Å²) in [6, 6.07) is 4.93. The van der Waals surface area contributed by atoms with Crippen molar-refractivity contribution in [3.8, 4) is 0 Å². The summed E-state index contributed by atoms with van der Waals surface area (Å²) in [7, 11) is 0. The number of benzene rings is 1. The topological polar surface area (TPSA) is 34.0 Å². The molecular formula is C50H66N2OS. The van der Waals surface area contributed by atoms with Gasteiger partial charge in [-0.05, 0) is 146 Å². The highest BCUT2D eigenvalue weighted by molar-refractivity contribution is 8.00. The summed E-state index contributed by atoms with van der Waals surface area (Å²) in [6.07, 6.45) is 24.9. The number of rotatable bonds is 5. The van der Waals surface area contributed by atoms with Crippen molar-refractivity contribution in [1.29, 1.82) is 0 Å². The van der Waals surface area contributed by atoms with E-state index in [4.69, 9.17) is 14.7 Å². The summed E-state index contributed by atoms with van der Waals surface area (Å²) in [6.45, 7) is 24.1. The number of nitrogens with zero attached hydrogens (tertiary/aromatic N) is 2. The lowest BCUT2D eigenvalue weighted by Crippen LogP contribution is -2.39. The molecule has 7 aliphatic rings. The minimum absolute atomic E-state index is 0.00123. The first kappa shape index (κ1) is 38.0. The first-order valence-electron chi connectivity index (χ1n) is 21.7. The van der Waals surface area contributed by atoms with Gasteiger partial charge in [0, 0.05) is 38.8 Å². The molecule has 1 saturated carbocycles. The molecule has 5 aliphatic carbocycles. The van der Waals surface area contributed by atoms with Gasteiger partial charge in [-0.15, -0.1) is 11.8 Å². The van der Waals surface area contributed by atoms with E-state index in [1.807, 2.05) is 0 Å². The first-order chi connectivity index (χ1) is 25.8. The van der Waals surface area contributed by atoms with Crippen LogP contribution >= 0.6 is 11.8 Å². The molecule has 1 aromatic carbocycles. The van der Waals surface area contributed by atoms with Gasteiger partial charge in [-0.1, -0.05) is 98.8 Å². The Morgan fingerprint density at radius 1 is 0.907 bits per heavy atom. The van der Waals surface area contributed by atoms with Gasteiger partial charge in [0.05, 0.1) is 5.69 Å². The summed E-state index contributed by atoms with van der Waals surface area (Å²) in [5.74, 6) is 6.95. The predicted molar refractivity (Wildman–Crippen MR) is 231 cm³/mol. The zero-order valence-electron chi connectivity index (χ0n) is 35.0. The molecule has 2 heterocycles. The van der Waals surface area contributed by atoms with Crippen molar-refractivity contribution in [3.63, 3.8) is 0 Å². The molecule has 0 N–H and O–H groups in total. The lowest BCUT2D eigenvalue weighted by Gasteiger charge is -2.44. The lowest BCUT2D eigenvalue weighted by molar-refractivity contribution is 0.234. The minimum Gasteiger partial charge on any atom is -0.459 e. The minimum atomic E-state index is -0.00123. The van der Waals surface area contributed by atoms with E-state index in [9.17, 15) is 0 Å². The predicted octanol–water partition coefficient (Wildman–Crippen LogP) is 14.2. The molecule has 0 radical (unpaired) electrons. The van der Waals surface area contributed by atoms with E-state index in [2.05, 4.69) is 130 Å². The maximum Gasteiger partial charge on any atom is 0.137 e. The van der Waals surface area contributed by atoms with Gasteiger partial charge in [-0.25, -0.2) is 4.99 Å². The standard InChI is InChI=1S/C50H66N2OS/c1-28-14-18-37(19-15-28)36(9)51-46(47-35(8)40-24-29(2)16-23-44(40)53-47)42-26-30(3)25-41-39-21-22-43(52-38-20-17-31(4)32(5)27-38)45(49(39)54-48(41)42)50(10)33(6)12-11-13-34(50)7/h11-12,16,18,21-23,26,28-35,41,48H,13-15,17,19-20,24-25,27H2,1-10H3/b47-46+,51-36?,52-38?. The summed E-state index contributed by atoms with van der Waals surface area (Å²) in [5, 5.41) is 0.295. The Balaban J connectivity index is 1.26. The lowest BCUT2D eigenvalue weighted by atomic mass is 9.60. The van der Waals surface area contributed by atoms with Crippen molar-refractivity contribution in [1.82, 2.24) is 0 Å². The molecule has 1 fully saturated rings. The van der Waals surface area contributed by atoms with Crippen molar-refractivity contribution >= 4 is 28.9 Å². The van der Waals surface area contributed by atoms with Crippen LogP contribution in [-0.2, 0) is 10.2 Å². The van der Waals surface area contributed by atoms with Gasteiger partial charge >= 0.3 is 0 Å². The molecule has 8 rings (SSSR count). The first-order valence-corrected chi connectivity index (χ1v) is 22.6. The maximum absolute atomic E-state index is 6.96. The zero-order chi connectivity index (χ0) is 38.1. The number of thioether (sulfide) groups is 1. The zero-order valence-corrected chi connectivity index (χ0v) is 35.8. The van der Waals surface area contributed by atoms with Crippen molar-refractivity contribution < 1.29 is 4.74 Å². The van der Waals surface area contributed by atoms with E-state index in [0.717, 1.165) is 67.6 Å². The van der Waals surface area contributed by atoms with E-state index in [-0.39, 0.29) is 11.3 Å². The van der Waals surface area contributed by atoms with Crippen LogP contribution in [0, 0.1) is 47.3 Å². The molecule has 0 spiro atoms. The van der Waals surface area contributed by atoms with E-state index < -0.39 is 0 Å². The van der Waals surface area contributed by atoms with Gasteiger partial charge in [0.1, 0.15) is 17.2 Å². The number of hydrogen-bond acceptors (Lipinski definition) is 4. The fourth-order valence-corrected chi connectivity index (χ4v) is 12.7. The number of allylic oxidation sites excluding steroid dienone is 9. The number of hydrogen-bond donors (Lipinski definition) is 0. The van der Waals surface area contributed by atoms with Gasteiger partial charge in [-0.3, -0.25) is 4.99 Å². The van der Waals surface area contributed by atoms with Gasteiger partial charge in [0.25, 0.3) is 0 Å². The van der Waals surface area contributed by atoms with Crippen LogP contribution in [0.4, 0.5) is 5.69 Å². The van der Waals surface area contributed by atoms with E-state index >= 15 is 0 Å². The quantitative estimate of drug-likeness (QED) is 0.222. The number of aliphatic imine (C=N–C) groups is 2. The second-order valence-electron chi connectivity index (χ2n) is 19.1. The Labute approximate surface area is 331 Å². The Hall–Kier alpha value is -2.85. The average Bonchev–Trinajstić information content (AvgIpc) is 3.67. The third kappa shape index (κ3) is 6.73. The maximum atomic E-state index is 6.96. The van der Waals surface area contributed by atoms with Crippen LogP contribution in [0.15, 0.2) is 97.4 Å². The van der Waals surface area contributed by atoms with Crippen molar-refractivity contribution in [3.05, 3.63) is 93.7 Å².